The molecule has 7 atom stereocenters. The summed E-state index contributed by atoms with van der Waals surface area (Å²) < 4.78 is 0. The summed E-state index contributed by atoms with van der Waals surface area (Å²) in [6, 6.07) is 0. The van der Waals surface area contributed by atoms with Crippen LogP contribution in [0.15, 0.2) is 0 Å². The Morgan fingerprint density at radius 1 is 0.815 bits per heavy atom. The van der Waals surface area contributed by atoms with Crippen LogP contribution in [-0.2, 0) is 4.79 Å². The van der Waals surface area contributed by atoms with Crippen LogP contribution in [-0.4, -0.2) is 19.9 Å². The molecule has 0 aromatic heterocycles. The van der Waals surface area contributed by atoms with Gasteiger partial charge in [0.25, 0.3) is 0 Å². The van der Waals surface area contributed by atoms with E-state index in [1.165, 1.54) is 64.2 Å². The maximum Gasteiger partial charge on any atom is 0.133 e. The number of carbonyl (C=O) groups excluding carboxylic acids is 1. The van der Waals surface area contributed by atoms with Crippen LogP contribution in [0.25, 0.3) is 0 Å². The zero-order valence-electron chi connectivity index (χ0n) is 19.4. The highest BCUT2D eigenvalue weighted by Gasteiger charge is 2.60. The van der Waals surface area contributed by atoms with Gasteiger partial charge in [0.15, 0.2) is 0 Å². The molecule has 4 fully saturated rings. The maximum absolute atomic E-state index is 12.2. The predicted octanol–water partition coefficient (Wildman–Crippen LogP) is 6.49. The number of rotatable bonds is 1. The van der Waals surface area contributed by atoms with Crippen molar-refractivity contribution in [2.45, 2.75) is 98.8 Å². The third kappa shape index (κ3) is 4.02. The molecule has 0 spiro atoms. The second kappa shape index (κ2) is 9.42. The van der Waals surface area contributed by atoms with Crippen LogP contribution in [0.2, 0.25) is 0 Å². The van der Waals surface area contributed by atoms with Gasteiger partial charge in [0, 0.05) is 5.92 Å². The van der Waals surface area contributed by atoms with Crippen molar-refractivity contribution in [2.24, 2.45) is 40.4 Å². The van der Waals surface area contributed by atoms with Gasteiger partial charge < -0.3 is 5.32 Å². The average molecular weight is 378 g/mol. The van der Waals surface area contributed by atoms with E-state index in [0.29, 0.717) is 22.5 Å². The van der Waals surface area contributed by atoms with Crippen molar-refractivity contribution in [1.29, 1.82) is 0 Å². The molecule has 2 heteroatoms. The van der Waals surface area contributed by atoms with Gasteiger partial charge in [-0.2, -0.15) is 0 Å². The summed E-state index contributed by atoms with van der Waals surface area (Å²) in [6.07, 6.45) is 14.1. The first-order valence-electron chi connectivity index (χ1n) is 12.0. The molecule has 0 saturated heterocycles. The highest BCUT2D eigenvalue weighted by atomic mass is 16.1. The number of carbonyl (C=O) groups is 1. The van der Waals surface area contributed by atoms with Gasteiger partial charge in [0.1, 0.15) is 5.78 Å². The Morgan fingerprint density at radius 2 is 1.44 bits per heavy atom. The quantitative estimate of drug-likeness (QED) is 0.566. The molecule has 0 bridgehead atoms. The highest BCUT2D eigenvalue weighted by molar-refractivity contribution is 5.79. The zero-order chi connectivity index (χ0) is 20.2. The topological polar surface area (TPSA) is 29.1 Å². The smallest absolute Gasteiger partial charge is 0.133 e. The molecule has 0 aromatic carbocycles. The summed E-state index contributed by atoms with van der Waals surface area (Å²) >= 11 is 0. The molecule has 0 aliphatic heterocycles. The van der Waals surface area contributed by atoms with Gasteiger partial charge in [0.05, 0.1) is 0 Å². The van der Waals surface area contributed by atoms with Gasteiger partial charge >= 0.3 is 0 Å². The summed E-state index contributed by atoms with van der Waals surface area (Å²) in [5.41, 5.74) is 0.974. The molecule has 4 saturated carbocycles. The normalized spacial score (nSPS) is 45.1. The van der Waals surface area contributed by atoms with Crippen LogP contribution in [0.3, 0.4) is 0 Å². The van der Waals surface area contributed by atoms with Crippen molar-refractivity contribution in [3.63, 3.8) is 0 Å². The van der Waals surface area contributed by atoms with Crippen LogP contribution in [0, 0.1) is 40.4 Å². The van der Waals surface area contributed by atoms with Crippen molar-refractivity contribution >= 4 is 5.78 Å². The maximum atomic E-state index is 12.2. The molecule has 7 unspecified atom stereocenters. The van der Waals surface area contributed by atoms with Crippen molar-refractivity contribution in [1.82, 2.24) is 5.32 Å². The van der Waals surface area contributed by atoms with Crippen molar-refractivity contribution in [3.05, 3.63) is 0 Å². The summed E-state index contributed by atoms with van der Waals surface area (Å²) in [6.45, 7) is 11.0. The van der Waals surface area contributed by atoms with Crippen molar-refractivity contribution in [2.75, 3.05) is 14.1 Å². The largest absolute Gasteiger partial charge is 0.323 e. The molecular weight excluding hydrogens is 330 g/mol. The van der Waals surface area contributed by atoms with E-state index in [1.54, 1.807) is 0 Å². The number of nitrogens with one attached hydrogen (secondary N) is 1. The summed E-state index contributed by atoms with van der Waals surface area (Å²) in [5.74, 6) is 4.60. The average Bonchev–Trinajstić information content (AvgIpc) is 3.01. The first-order valence-corrected chi connectivity index (χ1v) is 12.0. The third-order valence-electron chi connectivity index (χ3n) is 9.07. The Kier molecular flexibility index (Phi) is 7.99. The minimum Gasteiger partial charge on any atom is -0.323 e. The van der Waals surface area contributed by atoms with Crippen LogP contribution in [0.5, 0.6) is 0 Å². The number of Topliss-reactive ketones (excluding diaryl/α,β-unsaturated/α-hetero) is 1. The van der Waals surface area contributed by atoms with E-state index in [9.17, 15) is 4.79 Å². The SMILES string of the molecule is CC.CC(=O)C1CCC2C3CCC4CCCCC4(C)C3CCC12C.CNC. The fraction of sp³-hybridized carbons (Fsp3) is 0.960. The molecule has 0 radical (unpaired) electrons. The molecule has 0 heterocycles. The summed E-state index contributed by atoms with van der Waals surface area (Å²) in [7, 11) is 3.75. The van der Waals surface area contributed by atoms with E-state index in [1.807, 2.05) is 34.9 Å². The molecule has 0 aromatic rings. The third-order valence-corrected chi connectivity index (χ3v) is 9.07. The Balaban J connectivity index is 0.000000478. The van der Waals surface area contributed by atoms with Crippen LogP contribution < -0.4 is 5.32 Å². The summed E-state index contributed by atoms with van der Waals surface area (Å²) in [5, 5.41) is 2.75. The number of ketones is 1. The van der Waals surface area contributed by atoms with E-state index < -0.39 is 0 Å². The second-order valence-electron chi connectivity index (χ2n) is 10.2. The Hall–Kier alpha value is -0.370. The monoisotopic (exact) mass is 377 g/mol. The minimum atomic E-state index is 0.338. The van der Waals surface area contributed by atoms with Crippen molar-refractivity contribution in [3.8, 4) is 0 Å². The van der Waals surface area contributed by atoms with Crippen LogP contribution in [0.1, 0.15) is 98.8 Å². The molecule has 4 aliphatic rings. The molecule has 4 rings (SSSR count). The first-order chi connectivity index (χ1) is 12.9. The van der Waals surface area contributed by atoms with Gasteiger partial charge in [-0.3, -0.25) is 4.79 Å². The van der Waals surface area contributed by atoms with Gasteiger partial charge in [-0.25, -0.2) is 0 Å². The van der Waals surface area contributed by atoms with E-state index in [0.717, 1.165) is 23.7 Å². The van der Waals surface area contributed by atoms with E-state index in [2.05, 4.69) is 19.2 Å². The zero-order valence-corrected chi connectivity index (χ0v) is 19.4. The second-order valence-corrected chi connectivity index (χ2v) is 10.2. The molecule has 158 valence electrons. The summed E-state index contributed by atoms with van der Waals surface area (Å²) in [4.78, 5) is 12.2. The highest BCUT2D eigenvalue weighted by Crippen LogP contribution is 2.67. The fourth-order valence-electron chi connectivity index (χ4n) is 7.96. The lowest BCUT2D eigenvalue weighted by Gasteiger charge is -2.60. The van der Waals surface area contributed by atoms with E-state index in [-0.39, 0.29) is 0 Å². The predicted molar refractivity (Wildman–Crippen MR) is 117 cm³/mol. The molecule has 1 N–H and O–H groups in total. The minimum absolute atomic E-state index is 0.338. The molecular formula is C25H47NO. The number of hydrogen-bond donors (Lipinski definition) is 1. The van der Waals surface area contributed by atoms with E-state index in [4.69, 9.17) is 0 Å². The molecule has 27 heavy (non-hydrogen) atoms. The van der Waals surface area contributed by atoms with Gasteiger partial charge in [-0.05, 0) is 107 Å². The van der Waals surface area contributed by atoms with Gasteiger partial charge in [-0.1, -0.05) is 40.5 Å². The van der Waals surface area contributed by atoms with E-state index >= 15 is 0 Å². The number of hydrogen-bond acceptors (Lipinski definition) is 2. The number of fused-ring (bicyclic) bond motifs is 5. The fourth-order valence-corrected chi connectivity index (χ4v) is 7.96. The molecule has 4 aliphatic carbocycles. The van der Waals surface area contributed by atoms with Crippen LogP contribution in [0.4, 0.5) is 0 Å². The lowest BCUT2D eigenvalue weighted by atomic mass is 9.45. The first kappa shape index (κ1) is 22.9. The Morgan fingerprint density at radius 3 is 2.07 bits per heavy atom. The van der Waals surface area contributed by atoms with Crippen molar-refractivity contribution < 1.29 is 4.79 Å². The van der Waals surface area contributed by atoms with Gasteiger partial charge in [0.2, 0.25) is 0 Å². The van der Waals surface area contributed by atoms with Crippen LogP contribution >= 0.6 is 0 Å². The standard InChI is InChI=1S/C21H34O.C2H7N.C2H6/c1-14(22)17-9-10-18-16-8-7-15-6-4-5-12-20(15,2)19(16)11-13-21(17,18)3;1-3-2;1-2/h15-19H,4-13H2,1-3H3;3H,1-2H3;1-2H3. The molecule has 2 nitrogen and oxygen atoms in total. The lowest BCUT2D eigenvalue weighted by molar-refractivity contribution is -0.133. The molecule has 0 amide bonds. The Bertz CT molecular complexity index is 489. The lowest BCUT2D eigenvalue weighted by Crippen LogP contribution is -2.53. The Labute approximate surface area is 169 Å². The van der Waals surface area contributed by atoms with Gasteiger partial charge in [-0.15, -0.1) is 0 Å².